The van der Waals surface area contributed by atoms with Crippen molar-refractivity contribution in [3.8, 4) is 0 Å². The molecule has 1 aromatic rings. The fourth-order valence-electron chi connectivity index (χ4n) is 1.56. The molecule has 0 spiro atoms. The Morgan fingerprint density at radius 3 is 2.72 bits per heavy atom. The van der Waals surface area contributed by atoms with Crippen LogP contribution in [0.3, 0.4) is 0 Å². The molecule has 1 aliphatic carbocycles. The van der Waals surface area contributed by atoms with Gasteiger partial charge in [-0.1, -0.05) is 0 Å². The van der Waals surface area contributed by atoms with Gasteiger partial charge in [0.15, 0.2) is 0 Å². The van der Waals surface area contributed by atoms with Gasteiger partial charge in [0.1, 0.15) is 0 Å². The van der Waals surface area contributed by atoms with Gasteiger partial charge in [0.25, 0.3) is 5.91 Å². The zero-order chi connectivity index (χ0) is 13.0. The third kappa shape index (κ3) is 3.19. The molecule has 1 fully saturated rings. The quantitative estimate of drug-likeness (QED) is 0.635. The standard InChI is InChI=1S/C12H16N4O2/c13-10-7-14-4-3-9(10)12(18)16-6-5-15-11(17)8-1-2-8/h3-4,7-8H,1-2,5-6,13H2,(H,15,17)(H,16,18). The zero-order valence-corrected chi connectivity index (χ0v) is 9.98. The number of rotatable bonds is 5. The Labute approximate surface area is 105 Å². The number of nitrogens with zero attached hydrogens (tertiary/aromatic N) is 1. The van der Waals surface area contributed by atoms with Crippen LogP contribution in [0.5, 0.6) is 0 Å². The zero-order valence-electron chi connectivity index (χ0n) is 9.98. The molecule has 6 nitrogen and oxygen atoms in total. The molecule has 1 saturated carbocycles. The molecule has 0 radical (unpaired) electrons. The van der Waals surface area contributed by atoms with Gasteiger partial charge in [-0.25, -0.2) is 0 Å². The number of carbonyl (C=O) groups excluding carboxylic acids is 2. The van der Waals surface area contributed by atoms with Crippen molar-refractivity contribution in [3.63, 3.8) is 0 Å². The van der Waals surface area contributed by atoms with E-state index < -0.39 is 0 Å². The minimum absolute atomic E-state index is 0.0765. The Morgan fingerprint density at radius 2 is 2.06 bits per heavy atom. The van der Waals surface area contributed by atoms with Gasteiger partial charge in [0, 0.05) is 25.2 Å². The molecule has 0 atom stereocenters. The second-order valence-electron chi connectivity index (χ2n) is 4.28. The van der Waals surface area contributed by atoms with E-state index in [9.17, 15) is 9.59 Å². The predicted octanol–water partition coefficient (Wildman–Crippen LogP) is -0.0802. The fourth-order valence-corrected chi connectivity index (χ4v) is 1.56. The summed E-state index contributed by atoms with van der Waals surface area (Å²) in [5.74, 6) is 0.0137. The van der Waals surface area contributed by atoms with Crippen molar-refractivity contribution in [2.24, 2.45) is 5.92 Å². The highest BCUT2D eigenvalue weighted by Gasteiger charge is 2.28. The molecule has 0 aliphatic heterocycles. The molecule has 1 aliphatic rings. The van der Waals surface area contributed by atoms with Crippen molar-refractivity contribution in [1.29, 1.82) is 0 Å². The first-order valence-electron chi connectivity index (χ1n) is 5.94. The molecule has 4 N–H and O–H groups in total. The average molecular weight is 248 g/mol. The molecule has 0 aromatic carbocycles. The lowest BCUT2D eigenvalue weighted by Crippen LogP contribution is -2.35. The maximum absolute atomic E-state index is 11.7. The average Bonchev–Trinajstić information content (AvgIpc) is 3.19. The number of hydrogen-bond acceptors (Lipinski definition) is 4. The van der Waals surface area contributed by atoms with Crippen LogP contribution in [0.1, 0.15) is 23.2 Å². The van der Waals surface area contributed by atoms with Crippen LogP contribution in [0.25, 0.3) is 0 Å². The lowest BCUT2D eigenvalue weighted by Gasteiger charge is -2.07. The van der Waals surface area contributed by atoms with Gasteiger partial charge in [-0.2, -0.15) is 0 Å². The third-order valence-electron chi connectivity index (χ3n) is 2.75. The number of carbonyl (C=O) groups is 2. The largest absolute Gasteiger partial charge is 0.397 e. The molecule has 2 rings (SSSR count). The van der Waals surface area contributed by atoms with E-state index >= 15 is 0 Å². The highest BCUT2D eigenvalue weighted by molar-refractivity contribution is 5.98. The molecular formula is C12H16N4O2. The third-order valence-corrected chi connectivity index (χ3v) is 2.75. The highest BCUT2D eigenvalue weighted by Crippen LogP contribution is 2.28. The van der Waals surface area contributed by atoms with E-state index in [1.807, 2.05) is 0 Å². The topological polar surface area (TPSA) is 97.1 Å². The van der Waals surface area contributed by atoms with E-state index in [0.717, 1.165) is 12.8 Å². The van der Waals surface area contributed by atoms with Crippen LogP contribution in [-0.2, 0) is 4.79 Å². The smallest absolute Gasteiger partial charge is 0.253 e. The van der Waals surface area contributed by atoms with Crippen LogP contribution < -0.4 is 16.4 Å². The van der Waals surface area contributed by atoms with E-state index in [4.69, 9.17) is 5.73 Å². The minimum Gasteiger partial charge on any atom is -0.397 e. The molecule has 18 heavy (non-hydrogen) atoms. The summed E-state index contributed by atoms with van der Waals surface area (Å²) in [7, 11) is 0. The summed E-state index contributed by atoms with van der Waals surface area (Å²) < 4.78 is 0. The maximum Gasteiger partial charge on any atom is 0.253 e. The summed E-state index contributed by atoms with van der Waals surface area (Å²) in [6.45, 7) is 0.825. The first kappa shape index (κ1) is 12.3. The Kier molecular flexibility index (Phi) is 3.76. The lowest BCUT2D eigenvalue weighted by atomic mass is 10.2. The number of pyridine rings is 1. The summed E-state index contributed by atoms with van der Waals surface area (Å²) in [6, 6.07) is 1.56. The van der Waals surface area contributed by atoms with Gasteiger partial charge < -0.3 is 16.4 Å². The number of anilines is 1. The van der Waals surface area contributed by atoms with Gasteiger partial charge in [-0.15, -0.1) is 0 Å². The summed E-state index contributed by atoms with van der Waals surface area (Å²) in [5.41, 5.74) is 6.37. The normalized spacial score (nSPS) is 14.0. The van der Waals surface area contributed by atoms with Gasteiger partial charge in [0.2, 0.25) is 5.91 Å². The van der Waals surface area contributed by atoms with Crippen molar-refractivity contribution in [2.45, 2.75) is 12.8 Å². The maximum atomic E-state index is 11.7. The molecule has 1 aromatic heterocycles. The van der Waals surface area contributed by atoms with Crippen LogP contribution in [-0.4, -0.2) is 29.9 Å². The Hall–Kier alpha value is -2.11. The fraction of sp³-hybridized carbons (Fsp3) is 0.417. The Morgan fingerprint density at radius 1 is 1.33 bits per heavy atom. The summed E-state index contributed by atoms with van der Waals surface area (Å²) in [5, 5.41) is 5.46. The van der Waals surface area contributed by atoms with Crippen LogP contribution in [0, 0.1) is 5.92 Å². The van der Waals surface area contributed by atoms with Gasteiger partial charge in [-0.05, 0) is 18.9 Å². The van der Waals surface area contributed by atoms with E-state index in [1.165, 1.54) is 12.4 Å². The number of nitrogen functional groups attached to an aromatic ring is 1. The minimum atomic E-state index is -0.254. The van der Waals surface area contributed by atoms with E-state index in [2.05, 4.69) is 15.6 Å². The van der Waals surface area contributed by atoms with E-state index in [1.54, 1.807) is 6.07 Å². The van der Waals surface area contributed by atoms with Crippen molar-refractivity contribution < 1.29 is 9.59 Å². The SMILES string of the molecule is Nc1cnccc1C(=O)NCCNC(=O)C1CC1. The second kappa shape index (κ2) is 5.48. The van der Waals surface area contributed by atoms with Crippen molar-refractivity contribution in [3.05, 3.63) is 24.0 Å². The molecule has 0 bridgehead atoms. The number of aromatic nitrogens is 1. The number of nitrogens with two attached hydrogens (primary N) is 1. The van der Waals surface area contributed by atoms with Gasteiger partial charge in [0.05, 0.1) is 17.4 Å². The van der Waals surface area contributed by atoms with Crippen molar-refractivity contribution in [1.82, 2.24) is 15.6 Å². The van der Waals surface area contributed by atoms with Gasteiger partial charge >= 0.3 is 0 Å². The van der Waals surface area contributed by atoms with Crippen LogP contribution >= 0.6 is 0 Å². The number of hydrogen-bond donors (Lipinski definition) is 3. The van der Waals surface area contributed by atoms with Crippen molar-refractivity contribution in [2.75, 3.05) is 18.8 Å². The molecular weight excluding hydrogens is 232 g/mol. The summed E-state index contributed by atoms with van der Waals surface area (Å²) in [4.78, 5) is 26.9. The molecule has 96 valence electrons. The molecule has 6 heteroatoms. The number of nitrogens with one attached hydrogen (secondary N) is 2. The van der Waals surface area contributed by atoms with Gasteiger partial charge in [-0.3, -0.25) is 14.6 Å². The van der Waals surface area contributed by atoms with Crippen LogP contribution in [0.2, 0.25) is 0 Å². The summed E-state index contributed by atoms with van der Waals surface area (Å²) >= 11 is 0. The molecule has 0 unspecified atom stereocenters. The second-order valence-corrected chi connectivity index (χ2v) is 4.28. The number of amides is 2. The first-order valence-corrected chi connectivity index (χ1v) is 5.94. The van der Waals surface area contributed by atoms with E-state index in [0.29, 0.717) is 24.3 Å². The Balaban J connectivity index is 1.71. The van der Waals surface area contributed by atoms with E-state index in [-0.39, 0.29) is 17.7 Å². The molecule has 0 saturated heterocycles. The predicted molar refractivity (Wildman–Crippen MR) is 66.7 cm³/mol. The lowest BCUT2D eigenvalue weighted by molar-refractivity contribution is -0.122. The van der Waals surface area contributed by atoms with Crippen molar-refractivity contribution >= 4 is 17.5 Å². The Bertz CT molecular complexity index is 457. The molecule has 2 amide bonds. The van der Waals surface area contributed by atoms with Crippen LogP contribution in [0.4, 0.5) is 5.69 Å². The summed E-state index contributed by atoms with van der Waals surface area (Å²) in [6.07, 6.45) is 4.90. The first-order chi connectivity index (χ1) is 8.68. The molecule has 1 heterocycles. The monoisotopic (exact) mass is 248 g/mol. The van der Waals surface area contributed by atoms with Crippen LogP contribution in [0.15, 0.2) is 18.5 Å². The highest BCUT2D eigenvalue weighted by atomic mass is 16.2.